The van der Waals surface area contributed by atoms with E-state index >= 15 is 0 Å². The second-order valence-electron chi connectivity index (χ2n) is 6.54. The molecule has 6 heteroatoms. The van der Waals surface area contributed by atoms with Crippen LogP contribution >= 0.6 is 0 Å². The summed E-state index contributed by atoms with van der Waals surface area (Å²) < 4.78 is 13.7. The van der Waals surface area contributed by atoms with Crippen molar-refractivity contribution in [3.05, 3.63) is 62.6 Å². The molecule has 0 amide bonds. The van der Waals surface area contributed by atoms with Crippen molar-refractivity contribution in [2.45, 2.75) is 38.3 Å². The molecule has 0 spiro atoms. The van der Waals surface area contributed by atoms with Crippen molar-refractivity contribution in [3.63, 3.8) is 0 Å². The van der Waals surface area contributed by atoms with Gasteiger partial charge in [0.2, 0.25) is 0 Å². The number of fused-ring (bicyclic) bond motifs is 1. The molecule has 0 atom stereocenters. The molecule has 1 aromatic carbocycles. The fraction of sp³-hybridized carbons (Fsp3) is 0.389. The molecule has 2 aliphatic rings. The lowest BCUT2D eigenvalue weighted by Gasteiger charge is -2.27. The Labute approximate surface area is 138 Å². The molecule has 1 fully saturated rings. The van der Waals surface area contributed by atoms with Gasteiger partial charge in [-0.2, -0.15) is 5.26 Å². The number of hydrogen-bond acceptors (Lipinski definition) is 4. The summed E-state index contributed by atoms with van der Waals surface area (Å²) in [7, 11) is 0. The number of nitrogens with zero attached hydrogens (tertiary/aromatic N) is 3. The van der Waals surface area contributed by atoms with Gasteiger partial charge in [-0.3, -0.25) is 9.69 Å². The van der Waals surface area contributed by atoms with E-state index in [2.05, 4.69) is 14.9 Å². The molecule has 2 heterocycles. The van der Waals surface area contributed by atoms with Gasteiger partial charge in [-0.15, -0.1) is 0 Å². The first-order valence-electron chi connectivity index (χ1n) is 8.17. The van der Waals surface area contributed by atoms with Gasteiger partial charge in [-0.1, -0.05) is 6.07 Å². The summed E-state index contributed by atoms with van der Waals surface area (Å²) in [5.41, 5.74) is 2.44. The number of benzene rings is 1. The van der Waals surface area contributed by atoms with Gasteiger partial charge in [-0.05, 0) is 30.5 Å². The van der Waals surface area contributed by atoms with Crippen molar-refractivity contribution in [3.8, 4) is 6.07 Å². The van der Waals surface area contributed by atoms with Crippen molar-refractivity contribution in [1.82, 2.24) is 14.9 Å². The first kappa shape index (κ1) is 15.0. The highest BCUT2D eigenvalue weighted by molar-refractivity contribution is 5.33. The van der Waals surface area contributed by atoms with E-state index < -0.39 is 5.82 Å². The van der Waals surface area contributed by atoms with E-state index in [9.17, 15) is 9.18 Å². The Kier molecular flexibility index (Phi) is 3.66. The van der Waals surface area contributed by atoms with Gasteiger partial charge in [0.1, 0.15) is 17.7 Å². The lowest BCUT2D eigenvalue weighted by Crippen LogP contribution is -2.35. The van der Waals surface area contributed by atoms with Crippen LogP contribution < -0.4 is 5.56 Å². The molecule has 2 aromatic rings. The van der Waals surface area contributed by atoms with E-state index in [-0.39, 0.29) is 11.1 Å². The second kappa shape index (κ2) is 5.84. The molecule has 4 rings (SSSR count). The third-order valence-electron chi connectivity index (χ3n) is 4.69. The normalized spacial score (nSPS) is 17.3. The largest absolute Gasteiger partial charge is 0.310 e. The van der Waals surface area contributed by atoms with Crippen LogP contribution in [-0.2, 0) is 19.5 Å². The lowest BCUT2D eigenvalue weighted by atomic mass is 10.0. The fourth-order valence-electron chi connectivity index (χ4n) is 3.19. The third kappa shape index (κ3) is 2.83. The summed E-state index contributed by atoms with van der Waals surface area (Å²) >= 11 is 0. The van der Waals surface area contributed by atoms with Gasteiger partial charge >= 0.3 is 0 Å². The molecule has 1 aliphatic carbocycles. The zero-order valence-electron chi connectivity index (χ0n) is 13.2. The quantitative estimate of drug-likeness (QED) is 0.939. The Hall–Kier alpha value is -2.52. The summed E-state index contributed by atoms with van der Waals surface area (Å²) in [6.45, 7) is 1.85. The van der Waals surface area contributed by atoms with Crippen LogP contribution in [0.5, 0.6) is 0 Å². The molecule has 1 saturated carbocycles. The zero-order valence-corrected chi connectivity index (χ0v) is 13.2. The summed E-state index contributed by atoms with van der Waals surface area (Å²) in [5, 5.41) is 8.79. The van der Waals surface area contributed by atoms with Crippen LogP contribution in [0.4, 0.5) is 4.39 Å². The number of aromatic amines is 1. The van der Waals surface area contributed by atoms with Gasteiger partial charge in [0.25, 0.3) is 5.56 Å². The van der Waals surface area contributed by atoms with Crippen LogP contribution in [0.2, 0.25) is 0 Å². The van der Waals surface area contributed by atoms with Crippen LogP contribution in [0.15, 0.2) is 23.0 Å². The van der Waals surface area contributed by atoms with Crippen molar-refractivity contribution >= 4 is 0 Å². The van der Waals surface area contributed by atoms with Crippen LogP contribution in [-0.4, -0.2) is 21.4 Å². The maximum atomic E-state index is 13.7. The summed E-state index contributed by atoms with van der Waals surface area (Å²) in [6, 6.07) is 6.48. The monoisotopic (exact) mass is 324 g/mol. The SMILES string of the molecule is N#Cc1ccc(CN2CCc3nc(C4CC4)[nH]c(=O)c3C2)cc1F. The van der Waals surface area contributed by atoms with Gasteiger partial charge < -0.3 is 4.98 Å². The molecule has 24 heavy (non-hydrogen) atoms. The standard InChI is InChI=1S/C18H17FN4O/c19-15-7-11(1-2-13(15)8-20)9-23-6-5-16-14(10-23)18(24)22-17(21-16)12-3-4-12/h1-2,7,12H,3-6,9-10H2,(H,21,22,24). The molecule has 0 bridgehead atoms. The maximum absolute atomic E-state index is 13.7. The van der Waals surface area contributed by atoms with E-state index in [0.29, 0.717) is 19.0 Å². The highest BCUT2D eigenvalue weighted by Gasteiger charge is 2.29. The van der Waals surface area contributed by atoms with E-state index in [1.807, 2.05) is 6.07 Å². The molecule has 1 aliphatic heterocycles. The summed E-state index contributed by atoms with van der Waals surface area (Å²) in [6.07, 6.45) is 2.95. The van der Waals surface area contributed by atoms with E-state index in [4.69, 9.17) is 5.26 Å². The lowest BCUT2D eigenvalue weighted by molar-refractivity contribution is 0.241. The average Bonchev–Trinajstić information content (AvgIpc) is 3.40. The van der Waals surface area contributed by atoms with Crippen molar-refractivity contribution in [1.29, 1.82) is 5.26 Å². The van der Waals surface area contributed by atoms with Gasteiger partial charge in [-0.25, -0.2) is 9.37 Å². The molecular weight excluding hydrogens is 307 g/mol. The highest BCUT2D eigenvalue weighted by atomic mass is 19.1. The number of aromatic nitrogens is 2. The molecule has 5 nitrogen and oxygen atoms in total. The Morgan fingerprint density at radius 2 is 2.25 bits per heavy atom. The Morgan fingerprint density at radius 3 is 2.96 bits per heavy atom. The van der Waals surface area contributed by atoms with Gasteiger partial charge in [0.05, 0.1) is 16.8 Å². The van der Waals surface area contributed by atoms with Crippen LogP contribution in [0.3, 0.4) is 0 Å². The van der Waals surface area contributed by atoms with E-state index in [0.717, 1.165) is 48.5 Å². The molecule has 1 N–H and O–H groups in total. The molecule has 122 valence electrons. The number of hydrogen-bond donors (Lipinski definition) is 1. The average molecular weight is 324 g/mol. The topological polar surface area (TPSA) is 72.8 Å². The summed E-state index contributed by atoms with van der Waals surface area (Å²) in [4.78, 5) is 22.0. The van der Waals surface area contributed by atoms with Crippen molar-refractivity contribution in [2.75, 3.05) is 6.54 Å². The number of nitriles is 1. The number of H-pyrrole nitrogens is 1. The number of rotatable bonds is 3. The Morgan fingerprint density at radius 1 is 1.42 bits per heavy atom. The highest BCUT2D eigenvalue weighted by Crippen LogP contribution is 2.37. The van der Waals surface area contributed by atoms with Crippen LogP contribution in [0, 0.1) is 17.1 Å². The summed E-state index contributed by atoms with van der Waals surface area (Å²) in [5.74, 6) is 0.769. The second-order valence-corrected chi connectivity index (χ2v) is 6.54. The predicted octanol–water partition coefficient (Wildman–Crippen LogP) is 2.22. The molecule has 0 saturated heterocycles. The minimum Gasteiger partial charge on any atom is -0.310 e. The number of nitrogens with one attached hydrogen (secondary N) is 1. The van der Waals surface area contributed by atoms with Gasteiger partial charge in [0.15, 0.2) is 0 Å². The fourth-order valence-corrected chi connectivity index (χ4v) is 3.19. The first-order chi connectivity index (χ1) is 11.6. The van der Waals surface area contributed by atoms with Crippen molar-refractivity contribution in [2.24, 2.45) is 0 Å². The van der Waals surface area contributed by atoms with E-state index in [1.165, 1.54) is 12.1 Å². The van der Waals surface area contributed by atoms with E-state index in [1.54, 1.807) is 6.07 Å². The Balaban J connectivity index is 1.53. The first-order valence-corrected chi connectivity index (χ1v) is 8.17. The maximum Gasteiger partial charge on any atom is 0.255 e. The zero-order chi connectivity index (χ0) is 16.7. The molecule has 1 aromatic heterocycles. The minimum absolute atomic E-state index is 0.0439. The molecule has 0 radical (unpaired) electrons. The predicted molar refractivity (Wildman–Crippen MR) is 85.8 cm³/mol. The number of halogens is 1. The van der Waals surface area contributed by atoms with Crippen LogP contribution in [0.25, 0.3) is 0 Å². The Bertz CT molecular complexity index is 895. The van der Waals surface area contributed by atoms with Crippen LogP contribution in [0.1, 0.15) is 47.0 Å². The van der Waals surface area contributed by atoms with Crippen molar-refractivity contribution < 1.29 is 4.39 Å². The van der Waals surface area contributed by atoms with Gasteiger partial charge in [0, 0.05) is 32.0 Å². The minimum atomic E-state index is -0.499. The molecule has 0 unspecified atom stereocenters. The molecular formula is C18H17FN4O. The smallest absolute Gasteiger partial charge is 0.255 e. The third-order valence-corrected chi connectivity index (χ3v) is 4.69.